The summed E-state index contributed by atoms with van der Waals surface area (Å²) in [6.45, 7) is 8.81. The summed E-state index contributed by atoms with van der Waals surface area (Å²) in [5, 5.41) is 12.2. The molecule has 0 unspecified atom stereocenters. The van der Waals surface area contributed by atoms with Crippen LogP contribution in [-0.2, 0) is 11.3 Å². The number of carbonyl (C=O) groups excluding carboxylic acids is 1. The summed E-state index contributed by atoms with van der Waals surface area (Å²) in [4.78, 5) is 13.6. The van der Waals surface area contributed by atoms with Crippen molar-refractivity contribution in [3.05, 3.63) is 88.7 Å². The van der Waals surface area contributed by atoms with Crippen LogP contribution in [0.25, 0.3) is 10.4 Å². The van der Waals surface area contributed by atoms with E-state index in [1.54, 1.807) is 6.92 Å². The molecule has 0 aliphatic carbocycles. The van der Waals surface area contributed by atoms with Crippen molar-refractivity contribution in [3.63, 3.8) is 0 Å². The molecule has 0 fully saturated rings. The van der Waals surface area contributed by atoms with Gasteiger partial charge in [0.25, 0.3) is 0 Å². The first-order chi connectivity index (χ1) is 16.9. The Morgan fingerprint density at radius 1 is 1.06 bits per heavy atom. The van der Waals surface area contributed by atoms with E-state index in [4.69, 9.17) is 22.1 Å². The maximum atomic E-state index is 12.6. The molecule has 0 bridgehead atoms. The summed E-state index contributed by atoms with van der Waals surface area (Å²) in [6.07, 6.45) is 0. The fourth-order valence-corrected chi connectivity index (χ4v) is 5.06. The van der Waals surface area contributed by atoms with Gasteiger partial charge < -0.3 is 15.4 Å². The Bertz CT molecular complexity index is 1340. The summed E-state index contributed by atoms with van der Waals surface area (Å²) < 4.78 is 7.24. The highest BCUT2D eigenvalue weighted by Gasteiger charge is 2.20. The van der Waals surface area contributed by atoms with Gasteiger partial charge in [-0.05, 0) is 57.1 Å². The number of ether oxygens (including phenoxy) is 1. The van der Waals surface area contributed by atoms with Crippen molar-refractivity contribution < 1.29 is 9.53 Å². The number of benzene rings is 2. The fourth-order valence-electron chi connectivity index (χ4n) is 3.74. The zero-order chi connectivity index (χ0) is 24.9. The molecular weight excluding hydrogens is 476 g/mol. The van der Waals surface area contributed by atoms with Gasteiger partial charge in [-0.1, -0.05) is 60.2 Å². The molecule has 0 amide bonds. The summed E-state index contributed by atoms with van der Waals surface area (Å²) >= 11 is 7.08. The largest absolute Gasteiger partial charge is 0.462 e. The van der Waals surface area contributed by atoms with Crippen molar-refractivity contribution in [3.8, 4) is 10.4 Å². The van der Waals surface area contributed by atoms with E-state index in [1.807, 2.05) is 54.9 Å². The van der Waals surface area contributed by atoms with Gasteiger partial charge in [-0.15, -0.1) is 11.3 Å². The molecule has 0 aliphatic heterocycles. The first-order valence-corrected chi connectivity index (χ1v) is 12.6. The molecule has 0 atom stereocenters. The van der Waals surface area contributed by atoms with Crippen LogP contribution in [0, 0.1) is 20.8 Å². The third-order valence-corrected chi connectivity index (χ3v) is 6.89. The number of nitrogens with zero attached hydrogens (tertiary/aromatic N) is 2. The van der Waals surface area contributed by atoms with Gasteiger partial charge >= 0.3 is 5.97 Å². The predicted molar refractivity (Wildman–Crippen MR) is 148 cm³/mol. The number of esters is 1. The lowest BCUT2D eigenvalue weighted by Crippen LogP contribution is -2.21. The van der Waals surface area contributed by atoms with Crippen molar-refractivity contribution in [2.45, 2.75) is 34.2 Å². The number of thiocarbonyl (C=S) groups is 1. The zero-order valence-electron chi connectivity index (χ0n) is 20.2. The highest BCUT2D eigenvalue weighted by molar-refractivity contribution is 7.80. The second kappa shape index (κ2) is 10.8. The minimum Gasteiger partial charge on any atom is -0.462 e. The standard InChI is InChI=1S/C27H28N4O2S2/c1-5-33-26(32)22-15-23(21-9-7-6-8-10-21)35-25(22)29-27(34)28-24-18(3)30-31(19(24)4)16-20-13-11-17(2)12-14-20/h6-15H,5,16H2,1-4H3,(H2,28,29,34). The molecule has 0 aliphatic rings. The van der Waals surface area contributed by atoms with E-state index in [9.17, 15) is 4.79 Å². The van der Waals surface area contributed by atoms with Gasteiger partial charge in [-0.25, -0.2) is 4.79 Å². The molecule has 0 radical (unpaired) electrons. The van der Waals surface area contributed by atoms with Crippen molar-refractivity contribution in [1.82, 2.24) is 9.78 Å². The number of carbonyl (C=O) groups is 1. The molecule has 180 valence electrons. The first-order valence-electron chi connectivity index (χ1n) is 11.4. The Hall–Kier alpha value is -3.49. The van der Waals surface area contributed by atoms with Gasteiger partial charge in [-0.3, -0.25) is 4.68 Å². The molecule has 2 heterocycles. The highest BCUT2D eigenvalue weighted by atomic mass is 32.1. The SMILES string of the molecule is CCOC(=O)c1cc(-c2ccccc2)sc1NC(=S)Nc1c(C)nn(Cc2ccc(C)cc2)c1C. The van der Waals surface area contributed by atoms with Crippen LogP contribution in [-0.4, -0.2) is 27.5 Å². The van der Waals surface area contributed by atoms with Gasteiger partial charge in [-0.2, -0.15) is 5.10 Å². The highest BCUT2D eigenvalue weighted by Crippen LogP contribution is 2.36. The number of hydrogen-bond acceptors (Lipinski definition) is 5. The fraction of sp³-hybridized carbons (Fsp3) is 0.222. The maximum Gasteiger partial charge on any atom is 0.341 e. The van der Waals surface area contributed by atoms with E-state index in [0.29, 0.717) is 28.8 Å². The lowest BCUT2D eigenvalue weighted by molar-refractivity contribution is 0.0528. The van der Waals surface area contributed by atoms with Crippen LogP contribution in [0.15, 0.2) is 60.7 Å². The molecule has 2 aromatic carbocycles. The van der Waals surface area contributed by atoms with Crippen LogP contribution in [0.5, 0.6) is 0 Å². The Kier molecular flexibility index (Phi) is 7.63. The van der Waals surface area contributed by atoms with Crippen LogP contribution < -0.4 is 10.6 Å². The summed E-state index contributed by atoms with van der Waals surface area (Å²) in [7, 11) is 0. The quantitative estimate of drug-likeness (QED) is 0.219. The summed E-state index contributed by atoms with van der Waals surface area (Å²) in [5.74, 6) is -0.380. The van der Waals surface area contributed by atoms with Crippen molar-refractivity contribution in [2.24, 2.45) is 0 Å². The van der Waals surface area contributed by atoms with Gasteiger partial charge in [0.2, 0.25) is 0 Å². The van der Waals surface area contributed by atoms with Crippen LogP contribution in [0.3, 0.4) is 0 Å². The van der Waals surface area contributed by atoms with E-state index in [2.05, 4.69) is 41.8 Å². The van der Waals surface area contributed by atoms with Crippen LogP contribution in [0.4, 0.5) is 10.7 Å². The van der Waals surface area contributed by atoms with Gasteiger partial charge in [0.1, 0.15) is 5.00 Å². The molecule has 0 spiro atoms. The molecule has 0 saturated heterocycles. The number of anilines is 2. The van der Waals surface area contributed by atoms with E-state index in [1.165, 1.54) is 22.5 Å². The molecule has 8 heteroatoms. The minimum atomic E-state index is -0.380. The predicted octanol–water partition coefficient (Wildman–Crippen LogP) is 6.57. The molecule has 6 nitrogen and oxygen atoms in total. The number of nitrogens with one attached hydrogen (secondary N) is 2. The topological polar surface area (TPSA) is 68.2 Å². The lowest BCUT2D eigenvalue weighted by atomic mass is 10.1. The van der Waals surface area contributed by atoms with E-state index in [-0.39, 0.29) is 5.97 Å². The van der Waals surface area contributed by atoms with Crippen LogP contribution in [0.1, 0.15) is 39.8 Å². The number of aryl methyl sites for hydroxylation is 2. The minimum absolute atomic E-state index is 0.302. The van der Waals surface area contributed by atoms with Gasteiger partial charge in [0, 0.05) is 4.88 Å². The maximum absolute atomic E-state index is 12.6. The second-order valence-electron chi connectivity index (χ2n) is 8.21. The molecule has 0 saturated carbocycles. The molecule has 35 heavy (non-hydrogen) atoms. The Labute approximate surface area is 215 Å². The van der Waals surface area contributed by atoms with Crippen molar-refractivity contribution in [1.29, 1.82) is 0 Å². The Balaban J connectivity index is 1.54. The third-order valence-electron chi connectivity index (χ3n) is 5.59. The summed E-state index contributed by atoms with van der Waals surface area (Å²) in [5.41, 5.74) is 6.58. The number of thiophene rings is 1. The normalized spacial score (nSPS) is 10.7. The molecule has 4 rings (SSSR count). The van der Waals surface area contributed by atoms with E-state index >= 15 is 0 Å². The zero-order valence-corrected chi connectivity index (χ0v) is 21.8. The number of hydrogen-bond donors (Lipinski definition) is 2. The Morgan fingerprint density at radius 3 is 2.46 bits per heavy atom. The summed E-state index contributed by atoms with van der Waals surface area (Å²) in [6, 6.07) is 20.2. The van der Waals surface area contributed by atoms with Gasteiger partial charge in [0.15, 0.2) is 5.11 Å². The molecule has 2 N–H and O–H groups in total. The lowest BCUT2D eigenvalue weighted by Gasteiger charge is -2.11. The number of rotatable bonds is 7. The van der Waals surface area contributed by atoms with Crippen LogP contribution >= 0.6 is 23.6 Å². The molecule has 2 aromatic heterocycles. The van der Waals surface area contributed by atoms with Crippen molar-refractivity contribution >= 4 is 45.3 Å². The molecule has 4 aromatic rings. The second-order valence-corrected chi connectivity index (χ2v) is 9.67. The van der Waals surface area contributed by atoms with Gasteiger partial charge in [0.05, 0.1) is 35.8 Å². The first kappa shape index (κ1) is 24.6. The monoisotopic (exact) mass is 504 g/mol. The average molecular weight is 505 g/mol. The van der Waals surface area contributed by atoms with E-state index in [0.717, 1.165) is 27.5 Å². The van der Waals surface area contributed by atoms with E-state index < -0.39 is 0 Å². The van der Waals surface area contributed by atoms with Crippen LogP contribution in [0.2, 0.25) is 0 Å². The smallest absolute Gasteiger partial charge is 0.341 e. The van der Waals surface area contributed by atoms with Crippen molar-refractivity contribution in [2.75, 3.05) is 17.2 Å². The molecular formula is C27H28N4O2S2. The number of aromatic nitrogens is 2. The Morgan fingerprint density at radius 2 is 1.77 bits per heavy atom. The average Bonchev–Trinajstić information content (AvgIpc) is 3.38. The third kappa shape index (κ3) is 5.78.